The second-order valence-electron chi connectivity index (χ2n) is 12.7. The molecule has 51 heavy (non-hydrogen) atoms. The fraction of sp³-hybridized carbons (Fsp3) is 0.278. The van der Waals surface area contributed by atoms with Crippen molar-refractivity contribution in [3.05, 3.63) is 118 Å². The molecule has 4 heterocycles. The average Bonchev–Trinajstić information content (AvgIpc) is 3.37. The van der Waals surface area contributed by atoms with Crippen molar-refractivity contribution in [2.75, 3.05) is 14.2 Å². The zero-order valence-corrected chi connectivity index (χ0v) is 29.2. The van der Waals surface area contributed by atoms with Gasteiger partial charge in [-0.05, 0) is 45.3 Å². The predicted octanol–water partition coefficient (Wildman–Crippen LogP) is 2.77. The number of ketones is 2. The lowest BCUT2D eigenvalue weighted by molar-refractivity contribution is -0.116. The smallest absolute Gasteiger partial charge is 0.347 e. The Morgan fingerprint density at radius 2 is 1.80 bits per heavy atom. The molecule has 2 aromatic carbocycles. The molecule has 2 aliphatic heterocycles. The first-order chi connectivity index (χ1) is 24.5. The van der Waals surface area contributed by atoms with Crippen LogP contribution in [0.4, 0.5) is 0 Å². The van der Waals surface area contributed by atoms with Gasteiger partial charge >= 0.3 is 11.4 Å². The van der Waals surface area contributed by atoms with Gasteiger partial charge in [0.25, 0.3) is 5.56 Å². The molecule has 8 rings (SSSR count). The summed E-state index contributed by atoms with van der Waals surface area (Å²) < 4.78 is 22.0. The number of aryl methyl sites for hydroxylation is 2. The molecule has 0 amide bonds. The van der Waals surface area contributed by atoms with E-state index in [9.17, 15) is 29.1 Å². The number of phenolic OH excluding ortho intramolecular Hbond substituents is 1. The summed E-state index contributed by atoms with van der Waals surface area (Å²) >= 11 is 3.24. The molecule has 0 saturated carbocycles. The number of aromatic hydroxyl groups is 1. The molecule has 0 saturated heterocycles. The first-order valence-electron chi connectivity index (χ1n) is 16.1. The van der Waals surface area contributed by atoms with Crippen LogP contribution in [0.15, 0.2) is 89.9 Å². The lowest BCUT2D eigenvalue weighted by atomic mass is 9.68. The molecule has 0 unspecified atom stereocenters. The number of rotatable bonds is 6. The normalized spacial score (nSPS) is 19.3. The Morgan fingerprint density at radius 1 is 1.04 bits per heavy atom. The number of hydrogen-bond acceptors (Lipinski definition) is 10. The van der Waals surface area contributed by atoms with Crippen LogP contribution in [0.1, 0.15) is 23.7 Å². The maximum Gasteiger partial charge on any atom is 0.347 e. The number of allylic oxidation sites excluding steroid dienone is 7. The summed E-state index contributed by atoms with van der Waals surface area (Å²) in [4.78, 5) is 73.0. The molecule has 15 heteroatoms. The van der Waals surface area contributed by atoms with Gasteiger partial charge in [0.15, 0.2) is 23.1 Å². The number of fused-ring (bicyclic) bond motifs is 5. The summed E-state index contributed by atoms with van der Waals surface area (Å²) in [5.74, 6) is 0.0564. The largest absolute Gasteiger partial charge is 0.508 e. The van der Waals surface area contributed by atoms with Crippen molar-refractivity contribution in [3.8, 4) is 23.0 Å². The third kappa shape index (κ3) is 4.97. The maximum atomic E-state index is 14.2. The second-order valence-corrected chi connectivity index (χ2v) is 13.6. The monoisotopic (exact) mass is 755 g/mol. The van der Waals surface area contributed by atoms with Crippen LogP contribution in [0.3, 0.4) is 0 Å². The number of nitrogens with zero attached hydrogens (tertiary/aromatic N) is 5. The van der Waals surface area contributed by atoms with Gasteiger partial charge in [-0.1, -0.05) is 6.08 Å². The van der Waals surface area contributed by atoms with Gasteiger partial charge in [0.1, 0.15) is 17.2 Å². The molecule has 14 nitrogen and oxygen atoms in total. The quantitative estimate of drug-likeness (QED) is 0.229. The van der Waals surface area contributed by atoms with Gasteiger partial charge in [-0.15, -0.1) is 0 Å². The standard InChI is InChI=1S/C36H30BrN5O9/c1-39-26-15-30(50-3)29(49-2)14-24(26)38-23(34(39)46)7-8-40-35(47)41-9-6-20-25(42(41)36(40)48)12-21-32(27(44)13-22(37)33(21)45)31(20)18-10-17-11-19(43)4-5-28(17)51-16-18/h4-6,11,13-16,25,31,43H,7-10,12H2,1-3H3/t25-,31+/m1/s1. The Hall–Kier alpha value is -5.70. The van der Waals surface area contributed by atoms with E-state index in [1.165, 1.54) is 40.3 Å². The maximum absolute atomic E-state index is 14.2. The molecule has 0 bridgehead atoms. The summed E-state index contributed by atoms with van der Waals surface area (Å²) in [6.07, 6.45) is 4.96. The van der Waals surface area contributed by atoms with E-state index in [0.717, 1.165) is 4.57 Å². The molecule has 0 radical (unpaired) electrons. The number of methoxy groups -OCH3 is 2. The first-order valence-corrected chi connectivity index (χ1v) is 16.9. The lowest BCUT2D eigenvalue weighted by Gasteiger charge is -2.40. The van der Waals surface area contributed by atoms with Gasteiger partial charge in [-0.3, -0.25) is 14.4 Å². The minimum Gasteiger partial charge on any atom is -0.508 e. The fourth-order valence-electron chi connectivity index (χ4n) is 7.62. The fourth-order valence-corrected chi connectivity index (χ4v) is 8.06. The Labute approximate surface area is 296 Å². The van der Waals surface area contributed by atoms with Crippen LogP contribution in [-0.2, 0) is 42.6 Å². The Bertz CT molecular complexity index is 2560. The molecule has 2 aromatic heterocycles. The lowest BCUT2D eigenvalue weighted by Crippen LogP contribution is -2.42. The van der Waals surface area contributed by atoms with Crippen molar-refractivity contribution in [2.24, 2.45) is 13.0 Å². The number of hydrogen-bond donors (Lipinski definition) is 1. The number of aromatic nitrogens is 5. The molecule has 260 valence electrons. The number of ether oxygens (including phenoxy) is 3. The molecule has 0 fully saturated rings. The summed E-state index contributed by atoms with van der Waals surface area (Å²) in [7, 11) is 4.60. The zero-order chi connectivity index (χ0) is 35.9. The van der Waals surface area contributed by atoms with Gasteiger partial charge in [0.2, 0.25) is 0 Å². The van der Waals surface area contributed by atoms with Crippen LogP contribution in [0, 0.1) is 5.92 Å². The summed E-state index contributed by atoms with van der Waals surface area (Å²) in [5, 5.41) is 10.2. The highest BCUT2D eigenvalue weighted by molar-refractivity contribution is 9.12. The molecular formula is C36H30BrN5O9. The van der Waals surface area contributed by atoms with Crippen LogP contribution in [0.25, 0.3) is 11.0 Å². The van der Waals surface area contributed by atoms with Crippen molar-refractivity contribution in [1.82, 2.24) is 23.5 Å². The summed E-state index contributed by atoms with van der Waals surface area (Å²) in [6.45, 7) is -0.0904. The van der Waals surface area contributed by atoms with Gasteiger partial charge in [-0.25, -0.2) is 28.5 Å². The minimum atomic E-state index is -0.764. The second kappa shape index (κ2) is 12.0. The van der Waals surface area contributed by atoms with E-state index in [4.69, 9.17) is 14.2 Å². The number of phenols is 1. The zero-order valence-electron chi connectivity index (χ0n) is 27.6. The van der Waals surface area contributed by atoms with E-state index in [1.807, 2.05) is 6.08 Å². The van der Waals surface area contributed by atoms with E-state index in [-0.39, 0.29) is 64.6 Å². The summed E-state index contributed by atoms with van der Waals surface area (Å²) in [6, 6.07) is 7.31. The van der Waals surface area contributed by atoms with Gasteiger partial charge in [0, 0.05) is 73.7 Å². The van der Waals surface area contributed by atoms with Crippen LogP contribution in [-0.4, -0.2) is 54.4 Å². The Balaban J connectivity index is 1.18. The van der Waals surface area contributed by atoms with E-state index in [2.05, 4.69) is 20.9 Å². The van der Waals surface area contributed by atoms with Crippen molar-refractivity contribution < 1.29 is 28.9 Å². The van der Waals surface area contributed by atoms with E-state index < -0.39 is 23.3 Å². The van der Waals surface area contributed by atoms with Crippen LogP contribution in [0.2, 0.25) is 0 Å². The third-order valence-corrected chi connectivity index (χ3v) is 10.6. The Kier molecular flexibility index (Phi) is 7.63. The molecule has 2 atom stereocenters. The predicted molar refractivity (Wildman–Crippen MR) is 187 cm³/mol. The number of benzene rings is 2. The van der Waals surface area contributed by atoms with Crippen LogP contribution >= 0.6 is 15.9 Å². The Morgan fingerprint density at radius 3 is 2.57 bits per heavy atom. The van der Waals surface area contributed by atoms with Crippen molar-refractivity contribution in [2.45, 2.75) is 38.4 Å². The van der Waals surface area contributed by atoms with E-state index in [1.54, 1.807) is 37.6 Å². The topological polar surface area (TPSA) is 166 Å². The molecule has 1 N–H and O–H groups in total. The van der Waals surface area contributed by atoms with Crippen LogP contribution < -0.4 is 31.1 Å². The highest BCUT2D eigenvalue weighted by Gasteiger charge is 2.46. The van der Waals surface area contributed by atoms with Crippen LogP contribution in [0.5, 0.6) is 23.0 Å². The van der Waals surface area contributed by atoms with Crippen molar-refractivity contribution in [1.29, 1.82) is 0 Å². The van der Waals surface area contributed by atoms with E-state index >= 15 is 0 Å². The molecular weight excluding hydrogens is 726 g/mol. The van der Waals surface area contributed by atoms with Gasteiger partial charge < -0.3 is 23.9 Å². The molecule has 2 aliphatic carbocycles. The number of carbonyl (C=O) groups excluding carboxylic acids is 2. The molecule has 4 aliphatic rings. The first kappa shape index (κ1) is 32.5. The van der Waals surface area contributed by atoms with E-state index in [0.29, 0.717) is 57.0 Å². The number of halogens is 1. The third-order valence-electron chi connectivity index (χ3n) is 10.0. The van der Waals surface area contributed by atoms with Crippen molar-refractivity contribution in [3.63, 3.8) is 0 Å². The molecule has 4 aromatic rings. The highest BCUT2D eigenvalue weighted by Crippen LogP contribution is 2.50. The molecule has 0 spiro atoms. The summed E-state index contributed by atoms with van der Waals surface area (Å²) in [5.41, 5.74) is 2.18. The van der Waals surface area contributed by atoms with Crippen molar-refractivity contribution >= 4 is 38.5 Å². The van der Waals surface area contributed by atoms with Gasteiger partial charge in [-0.2, -0.15) is 0 Å². The van der Waals surface area contributed by atoms with Gasteiger partial charge in [0.05, 0.1) is 48.6 Å². The number of Topliss-reactive ketones (excluding diaryl/α,β-unsaturated/α-hetero) is 1. The number of carbonyl (C=O) groups is 2. The minimum absolute atomic E-state index is 0.0120. The SMILES string of the molecule is COc1cc2nc(CCn3c(=O)n4n(c3=O)[C@@H]3CC5=C(C(=O)C=C(Br)C5=O)[C@@H](C5=COc6ccc(O)cc6C5)C3=CC4)c(=O)n(C)c2cc1OC. The highest BCUT2D eigenvalue weighted by atomic mass is 79.9. The average molecular weight is 757 g/mol.